The van der Waals surface area contributed by atoms with Crippen molar-refractivity contribution >= 4 is 5.97 Å². The van der Waals surface area contributed by atoms with Gasteiger partial charge < -0.3 is 4.74 Å². The van der Waals surface area contributed by atoms with Crippen molar-refractivity contribution in [2.45, 2.75) is 85.0 Å². The van der Waals surface area contributed by atoms with Crippen molar-refractivity contribution in [2.75, 3.05) is 6.61 Å². The zero-order valence-corrected chi connectivity index (χ0v) is 15.3. The van der Waals surface area contributed by atoms with Crippen molar-refractivity contribution in [1.82, 2.24) is 0 Å². The summed E-state index contributed by atoms with van der Waals surface area (Å²) in [5.41, 5.74) is 2.79. The van der Waals surface area contributed by atoms with Gasteiger partial charge in [-0.1, -0.05) is 82.4 Å². The number of unbranched alkanes of at least 4 members (excludes halogenated alkanes) is 9. The van der Waals surface area contributed by atoms with Crippen LogP contribution < -0.4 is 0 Å². The van der Waals surface area contributed by atoms with Crippen LogP contribution in [0.3, 0.4) is 0 Å². The van der Waals surface area contributed by atoms with Gasteiger partial charge in [0.05, 0.1) is 12.2 Å². The van der Waals surface area contributed by atoms with E-state index in [4.69, 9.17) is 4.74 Å². The Labute approximate surface area is 142 Å². The van der Waals surface area contributed by atoms with E-state index in [0.29, 0.717) is 12.2 Å². The second kappa shape index (κ2) is 12.2. The predicted octanol–water partition coefficient (Wildman–Crippen LogP) is 6.38. The number of benzene rings is 1. The number of carbonyl (C=O) groups is 1. The first-order valence-corrected chi connectivity index (χ1v) is 9.39. The van der Waals surface area contributed by atoms with Gasteiger partial charge in [0.2, 0.25) is 0 Å². The highest BCUT2D eigenvalue weighted by Crippen LogP contribution is 2.13. The van der Waals surface area contributed by atoms with Crippen LogP contribution in [0.4, 0.5) is 0 Å². The number of ether oxygens (including phenoxy) is 1. The molecular formula is C21H34O2. The lowest BCUT2D eigenvalue weighted by molar-refractivity contribution is 0.0496. The summed E-state index contributed by atoms with van der Waals surface area (Å²) in [5, 5.41) is 0. The first-order chi connectivity index (χ1) is 11.1. The third kappa shape index (κ3) is 8.78. The van der Waals surface area contributed by atoms with Crippen molar-refractivity contribution < 1.29 is 9.53 Å². The summed E-state index contributed by atoms with van der Waals surface area (Å²) in [7, 11) is 0. The molecule has 0 N–H and O–H groups in total. The van der Waals surface area contributed by atoms with Gasteiger partial charge in [-0.2, -0.15) is 0 Å². The Bertz CT molecular complexity index is 451. The molecule has 0 fully saturated rings. The molecule has 0 saturated heterocycles. The number of aryl methyl sites for hydroxylation is 2. The lowest BCUT2D eigenvalue weighted by Gasteiger charge is -2.08. The highest BCUT2D eigenvalue weighted by molar-refractivity contribution is 5.91. The molecule has 1 aromatic rings. The van der Waals surface area contributed by atoms with E-state index in [1.54, 1.807) is 0 Å². The van der Waals surface area contributed by atoms with Gasteiger partial charge in [-0.25, -0.2) is 4.79 Å². The minimum Gasteiger partial charge on any atom is -0.462 e. The smallest absolute Gasteiger partial charge is 0.338 e. The highest BCUT2D eigenvalue weighted by Gasteiger charge is 2.10. The average molecular weight is 319 g/mol. The number of hydrogen-bond acceptors (Lipinski definition) is 2. The van der Waals surface area contributed by atoms with Crippen LogP contribution in [0.1, 0.15) is 92.6 Å². The molecule has 0 bridgehead atoms. The average Bonchev–Trinajstić information content (AvgIpc) is 2.54. The first kappa shape index (κ1) is 19.7. The molecule has 0 aliphatic rings. The topological polar surface area (TPSA) is 26.3 Å². The van der Waals surface area contributed by atoms with Gasteiger partial charge >= 0.3 is 5.97 Å². The Hall–Kier alpha value is -1.31. The van der Waals surface area contributed by atoms with E-state index in [-0.39, 0.29) is 5.97 Å². The van der Waals surface area contributed by atoms with Crippen molar-refractivity contribution in [3.63, 3.8) is 0 Å². The molecule has 23 heavy (non-hydrogen) atoms. The summed E-state index contributed by atoms with van der Waals surface area (Å²) in [4.78, 5) is 12.1. The van der Waals surface area contributed by atoms with E-state index in [9.17, 15) is 4.79 Å². The molecular weight excluding hydrogens is 284 g/mol. The van der Waals surface area contributed by atoms with E-state index in [1.807, 2.05) is 32.0 Å². The quantitative estimate of drug-likeness (QED) is 0.330. The van der Waals surface area contributed by atoms with Gasteiger partial charge in [0, 0.05) is 0 Å². The standard InChI is InChI=1S/C21H34O2/c1-4-5-6-7-8-9-10-11-12-13-16-23-21(22)20-17-18(2)14-15-19(20)3/h14-15,17H,4-13,16H2,1-3H3. The number of rotatable bonds is 12. The molecule has 1 rings (SSSR count). The third-order valence-corrected chi connectivity index (χ3v) is 4.34. The van der Waals surface area contributed by atoms with Crippen LogP contribution in [0.5, 0.6) is 0 Å². The number of esters is 1. The van der Waals surface area contributed by atoms with E-state index in [2.05, 4.69) is 6.92 Å². The van der Waals surface area contributed by atoms with E-state index in [0.717, 1.165) is 24.0 Å². The minimum atomic E-state index is -0.179. The summed E-state index contributed by atoms with van der Waals surface area (Å²) in [6.07, 6.45) is 12.9. The maximum atomic E-state index is 12.1. The van der Waals surface area contributed by atoms with Crippen molar-refractivity contribution in [1.29, 1.82) is 0 Å². The molecule has 0 radical (unpaired) electrons. The monoisotopic (exact) mass is 318 g/mol. The van der Waals surface area contributed by atoms with E-state index >= 15 is 0 Å². The molecule has 0 spiro atoms. The van der Waals surface area contributed by atoms with Crippen molar-refractivity contribution in [2.24, 2.45) is 0 Å². The predicted molar refractivity (Wildman–Crippen MR) is 98.0 cm³/mol. The molecule has 0 aromatic heterocycles. The van der Waals surface area contributed by atoms with Crippen molar-refractivity contribution in [3.8, 4) is 0 Å². The molecule has 130 valence electrons. The lowest BCUT2D eigenvalue weighted by atomic mass is 10.1. The maximum Gasteiger partial charge on any atom is 0.338 e. The van der Waals surface area contributed by atoms with Crippen LogP contribution in [0, 0.1) is 13.8 Å². The molecule has 0 atom stereocenters. The fourth-order valence-corrected chi connectivity index (χ4v) is 2.79. The van der Waals surface area contributed by atoms with Crippen LogP contribution in [0.25, 0.3) is 0 Å². The zero-order valence-electron chi connectivity index (χ0n) is 15.3. The molecule has 0 heterocycles. The van der Waals surface area contributed by atoms with Gasteiger partial charge in [-0.15, -0.1) is 0 Å². The minimum absolute atomic E-state index is 0.179. The zero-order chi connectivity index (χ0) is 16.9. The Morgan fingerprint density at radius 3 is 2.04 bits per heavy atom. The molecule has 0 aliphatic carbocycles. The molecule has 0 saturated carbocycles. The highest BCUT2D eigenvalue weighted by atomic mass is 16.5. The van der Waals surface area contributed by atoms with Crippen LogP contribution in [-0.2, 0) is 4.74 Å². The van der Waals surface area contributed by atoms with Crippen LogP contribution >= 0.6 is 0 Å². The Balaban J connectivity index is 2.02. The Morgan fingerprint density at radius 1 is 0.870 bits per heavy atom. The normalized spacial score (nSPS) is 10.7. The SMILES string of the molecule is CCCCCCCCCCCCOC(=O)c1cc(C)ccc1C. The maximum absolute atomic E-state index is 12.1. The van der Waals surface area contributed by atoms with Crippen LogP contribution in [-0.4, -0.2) is 12.6 Å². The number of carbonyl (C=O) groups excluding carboxylic acids is 1. The fourth-order valence-electron chi connectivity index (χ4n) is 2.79. The van der Waals surface area contributed by atoms with E-state index in [1.165, 1.54) is 51.4 Å². The van der Waals surface area contributed by atoms with Crippen LogP contribution in [0.2, 0.25) is 0 Å². The molecule has 1 aromatic carbocycles. The number of hydrogen-bond donors (Lipinski definition) is 0. The summed E-state index contributed by atoms with van der Waals surface area (Å²) in [6.45, 7) is 6.75. The fraction of sp³-hybridized carbons (Fsp3) is 0.667. The molecule has 2 nitrogen and oxygen atoms in total. The molecule has 2 heteroatoms. The third-order valence-electron chi connectivity index (χ3n) is 4.34. The van der Waals surface area contributed by atoms with Gasteiger partial charge in [0.25, 0.3) is 0 Å². The lowest BCUT2D eigenvalue weighted by Crippen LogP contribution is -2.08. The molecule has 0 amide bonds. The largest absolute Gasteiger partial charge is 0.462 e. The van der Waals surface area contributed by atoms with Crippen molar-refractivity contribution in [3.05, 3.63) is 34.9 Å². The Kier molecular flexibility index (Phi) is 10.4. The van der Waals surface area contributed by atoms with Crippen LogP contribution in [0.15, 0.2) is 18.2 Å². The Morgan fingerprint density at radius 2 is 1.43 bits per heavy atom. The summed E-state index contributed by atoms with van der Waals surface area (Å²) in [5.74, 6) is -0.179. The second-order valence-corrected chi connectivity index (χ2v) is 6.64. The molecule has 0 aliphatic heterocycles. The first-order valence-electron chi connectivity index (χ1n) is 9.39. The van der Waals surface area contributed by atoms with Gasteiger partial charge in [-0.3, -0.25) is 0 Å². The summed E-state index contributed by atoms with van der Waals surface area (Å²) >= 11 is 0. The van der Waals surface area contributed by atoms with Gasteiger partial charge in [0.1, 0.15) is 0 Å². The summed E-state index contributed by atoms with van der Waals surface area (Å²) in [6, 6.07) is 5.91. The van der Waals surface area contributed by atoms with Gasteiger partial charge in [0.15, 0.2) is 0 Å². The summed E-state index contributed by atoms with van der Waals surface area (Å²) < 4.78 is 5.40. The second-order valence-electron chi connectivity index (χ2n) is 6.64. The molecule has 0 unspecified atom stereocenters. The van der Waals surface area contributed by atoms with E-state index < -0.39 is 0 Å². The van der Waals surface area contributed by atoms with Gasteiger partial charge in [-0.05, 0) is 31.9 Å².